The van der Waals surface area contributed by atoms with Gasteiger partial charge in [0.15, 0.2) is 0 Å². The highest BCUT2D eigenvalue weighted by Gasteiger charge is 2.65. The van der Waals surface area contributed by atoms with Crippen molar-refractivity contribution < 1.29 is 37.1 Å². The van der Waals surface area contributed by atoms with E-state index in [0.717, 1.165) is 10.7 Å². The second kappa shape index (κ2) is 8.93. The number of rotatable bonds is 4. The molecule has 3 aromatic rings. The van der Waals surface area contributed by atoms with Crippen molar-refractivity contribution in [3.8, 4) is 11.3 Å². The maximum atomic E-state index is 15.0. The predicted octanol–water partition coefficient (Wildman–Crippen LogP) is 5.23. The first-order chi connectivity index (χ1) is 17.9. The molecule has 2 aromatic carbocycles. The zero-order valence-corrected chi connectivity index (χ0v) is 20.7. The number of alkyl halides is 3. The number of aromatic nitrogens is 2. The molecule has 0 saturated heterocycles. The Morgan fingerprint density at radius 1 is 1.13 bits per heavy atom. The van der Waals surface area contributed by atoms with Gasteiger partial charge in [0.1, 0.15) is 5.82 Å². The van der Waals surface area contributed by atoms with Gasteiger partial charge in [-0.05, 0) is 49.1 Å². The van der Waals surface area contributed by atoms with Gasteiger partial charge >= 0.3 is 12.1 Å². The molecular formula is C26H20ClF4N3O4. The number of hydrogen-bond donors (Lipinski definition) is 1. The zero-order chi connectivity index (χ0) is 27.6. The number of carbonyl (C=O) groups is 3. The quantitative estimate of drug-likeness (QED) is 0.450. The van der Waals surface area contributed by atoms with Crippen LogP contribution in [0.3, 0.4) is 0 Å². The second-order valence-corrected chi connectivity index (χ2v) is 9.83. The summed E-state index contributed by atoms with van der Waals surface area (Å²) in [6.07, 6.45) is -4.81. The summed E-state index contributed by atoms with van der Waals surface area (Å²) in [5, 5.41) is 13.3. The number of carbonyl (C=O) groups excluding carboxylic acids is 2. The Morgan fingerprint density at radius 3 is 2.42 bits per heavy atom. The monoisotopic (exact) mass is 549 g/mol. The molecule has 12 heteroatoms. The standard InChI is InChI=1S/C26H20ClF4N3O4/c1-13(35)33-10-7-16-20(12-33)34(32-22(16)15-6-5-14(24(37)38)11-19(15)28)23(36)21-17(3-2-4-18(21)27)25(8-9-25)26(29,30)31/h2-6,11H,7-10,12H2,1H3,(H,37,38). The van der Waals surface area contributed by atoms with Gasteiger partial charge in [-0.25, -0.2) is 9.18 Å². The van der Waals surface area contributed by atoms with Gasteiger partial charge < -0.3 is 10.0 Å². The summed E-state index contributed by atoms with van der Waals surface area (Å²) < 4.78 is 58.0. The first kappa shape index (κ1) is 25.9. The van der Waals surface area contributed by atoms with Crippen LogP contribution in [0.4, 0.5) is 17.6 Å². The molecule has 5 rings (SSSR count). The summed E-state index contributed by atoms with van der Waals surface area (Å²) in [5.41, 5.74) is -2.51. The largest absolute Gasteiger partial charge is 0.478 e. The van der Waals surface area contributed by atoms with Crippen LogP contribution in [0.5, 0.6) is 0 Å². The zero-order valence-electron chi connectivity index (χ0n) is 19.9. The van der Waals surface area contributed by atoms with Crippen LogP contribution in [0.25, 0.3) is 11.3 Å². The third-order valence-corrected chi connectivity index (χ3v) is 7.52. The van der Waals surface area contributed by atoms with Crippen molar-refractivity contribution in [3.05, 3.63) is 75.2 Å². The molecule has 1 amide bonds. The van der Waals surface area contributed by atoms with Gasteiger partial charge in [0.2, 0.25) is 5.91 Å². The fraction of sp³-hybridized carbons (Fsp3) is 0.308. The van der Waals surface area contributed by atoms with E-state index in [9.17, 15) is 27.6 Å². The van der Waals surface area contributed by atoms with Crippen molar-refractivity contribution in [1.29, 1.82) is 0 Å². The van der Waals surface area contributed by atoms with Crippen LogP contribution < -0.4 is 0 Å². The maximum Gasteiger partial charge on any atom is 0.398 e. The number of nitrogens with zero attached hydrogens (tertiary/aromatic N) is 3. The lowest BCUT2D eigenvalue weighted by Gasteiger charge is -2.27. The van der Waals surface area contributed by atoms with Crippen LogP contribution in [0.2, 0.25) is 5.02 Å². The van der Waals surface area contributed by atoms with E-state index in [1.54, 1.807) is 0 Å². The van der Waals surface area contributed by atoms with Gasteiger partial charge in [-0.3, -0.25) is 9.59 Å². The van der Waals surface area contributed by atoms with Crippen LogP contribution in [0.1, 0.15) is 57.3 Å². The molecule has 1 fully saturated rings. The molecule has 1 aliphatic carbocycles. The summed E-state index contributed by atoms with van der Waals surface area (Å²) in [5.74, 6) is -3.45. The van der Waals surface area contributed by atoms with Crippen LogP contribution in [-0.4, -0.2) is 50.3 Å². The van der Waals surface area contributed by atoms with E-state index in [4.69, 9.17) is 16.7 Å². The molecule has 7 nitrogen and oxygen atoms in total. The third-order valence-electron chi connectivity index (χ3n) is 7.21. The summed E-state index contributed by atoms with van der Waals surface area (Å²) in [7, 11) is 0. The lowest BCUT2D eigenvalue weighted by atomic mass is 9.90. The van der Waals surface area contributed by atoms with Gasteiger partial charge in [0.25, 0.3) is 5.91 Å². The van der Waals surface area contributed by atoms with E-state index in [1.807, 2.05) is 0 Å². The van der Waals surface area contributed by atoms with Crippen LogP contribution >= 0.6 is 11.6 Å². The Kier molecular flexibility index (Phi) is 6.09. The minimum absolute atomic E-state index is 0.0385. The average Bonchev–Trinajstić information content (AvgIpc) is 3.59. The van der Waals surface area contributed by atoms with Crippen LogP contribution in [0.15, 0.2) is 36.4 Å². The molecular weight excluding hydrogens is 530 g/mol. The van der Waals surface area contributed by atoms with Gasteiger partial charge in [-0.15, -0.1) is 0 Å². The fourth-order valence-electron chi connectivity index (χ4n) is 4.99. The molecule has 1 aliphatic heterocycles. The fourth-order valence-corrected chi connectivity index (χ4v) is 5.24. The van der Waals surface area contributed by atoms with E-state index in [1.165, 1.54) is 42.2 Å². The average molecular weight is 550 g/mol. The maximum absolute atomic E-state index is 15.0. The summed E-state index contributed by atoms with van der Waals surface area (Å²) >= 11 is 6.31. The molecule has 0 spiro atoms. The molecule has 0 unspecified atom stereocenters. The SMILES string of the molecule is CC(=O)N1CCc2c(-c3ccc(C(=O)O)cc3F)nn(C(=O)c3c(Cl)cccc3C3(C(F)(F)F)CC3)c2C1. The van der Waals surface area contributed by atoms with Crippen molar-refractivity contribution in [2.75, 3.05) is 6.54 Å². The lowest BCUT2D eigenvalue weighted by Crippen LogP contribution is -2.36. The molecule has 1 saturated carbocycles. The first-order valence-electron chi connectivity index (χ1n) is 11.7. The van der Waals surface area contributed by atoms with E-state index < -0.39 is 29.3 Å². The number of aromatic carboxylic acids is 1. The van der Waals surface area contributed by atoms with Gasteiger partial charge in [-0.1, -0.05) is 23.7 Å². The highest BCUT2D eigenvalue weighted by Crippen LogP contribution is 2.60. The van der Waals surface area contributed by atoms with E-state index in [2.05, 4.69) is 5.10 Å². The molecule has 0 atom stereocenters. The van der Waals surface area contributed by atoms with Gasteiger partial charge in [-0.2, -0.15) is 23.0 Å². The highest BCUT2D eigenvalue weighted by atomic mass is 35.5. The minimum atomic E-state index is -4.61. The van der Waals surface area contributed by atoms with E-state index >= 15 is 4.39 Å². The van der Waals surface area contributed by atoms with Crippen LogP contribution in [-0.2, 0) is 23.2 Å². The molecule has 1 N–H and O–H groups in total. The third kappa shape index (κ3) is 4.05. The summed E-state index contributed by atoms with van der Waals surface area (Å²) in [6, 6.07) is 7.11. The minimum Gasteiger partial charge on any atom is -0.478 e. The van der Waals surface area contributed by atoms with Crippen molar-refractivity contribution in [2.45, 2.75) is 44.3 Å². The summed E-state index contributed by atoms with van der Waals surface area (Å²) in [4.78, 5) is 38.7. The Balaban J connectivity index is 1.69. The predicted molar refractivity (Wildman–Crippen MR) is 128 cm³/mol. The number of halogens is 5. The number of amides is 1. The lowest BCUT2D eigenvalue weighted by molar-refractivity contribution is -0.160. The molecule has 0 radical (unpaired) electrons. The van der Waals surface area contributed by atoms with Crippen molar-refractivity contribution >= 4 is 29.4 Å². The van der Waals surface area contributed by atoms with E-state index in [-0.39, 0.29) is 76.9 Å². The normalized spacial score (nSPS) is 16.2. The number of benzene rings is 2. The second-order valence-electron chi connectivity index (χ2n) is 9.42. The molecule has 2 heterocycles. The number of hydrogen-bond acceptors (Lipinski definition) is 4. The Hall–Kier alpha value is -3.73. The Bertz CT molecular complexity index is 1510. The van der Waals surface area contributed by atoms with Crippen molar-refractivity contribution in [2.24, 2.45) is 0 Å². The van der Waals surface area contributed by atoms with Gasteiger partial charge in [0.05, 0.1) is 39.5 Å². The number of carboxylic acid groups (broad SMARTS) is 1. The smallest absolute Gasteiger partial charge is 0.398 e. The van der Waals surface area contributed by atoms with Gasteiger partial charge in [0, 0.05) is 24.6 Å². The first-order valence-corrected chi connectivity index (χ1v) is 12.0. The number of carboxylic acids is 1. The molecule has 1 aromatic heterocycles. The molecule has 38 heavy (non-hydrogen) atoms. The topological polar surface area (TPSA) is 92.5 Å². The Labute approximate surface area is 218 Å². The summed E-state index contributed by atoms with van der Waals surface area (Å²) in [6.45, 7) is 1.51. The van der Waals surface area contributed by atoms with Crippen LogP contribution in [0, 0.1) is 5.82 Å². The van der Waals surface area contributed by atoms with Crippen molar-refractivity contribution in [3.63, 3.8) is 0 Å². The molecule has 198 valence electrons. The van der Waals surface area contributed by atoms with Crippen molar-refractivity contribution in [1.82, 2.24) is 14.7 Å². The number of fused-ring (bicyclic) bond motifs is 1. The highest BCUT2D eigenvalue weighted by molar-refractivity contribution is 6.34. The Morgan fingerprint density at radius 2 is 1.84 bits per heavy atom. The van der Waals surface area contributed by atoms with E-state index in [0.29, 0.717) is 5.56 Å². The molecule has 2 aliphatic rings. The molecule has 0 bridgehead atoms.